The Morgan fingerprint density at radius 3 is 2.79 bits per heavy atom. The van der Waals surface area contributed by atoms with Crippen LogP contribution in [0.1, 0.15) is 12.0 Å². The summed E-state index contributed by atoms with van der Waals surface area (Å²) in [4.78, 5) is 0.198. The van der Waals surface area contributed by atoms with Gasteiger partial charge in [-0.05, 0) is 31.0 Å². The largest absolute Gasteiger partial charge is 0.399 e. The van der Waals surface area contributed by atoms with E-state index in [2.05, 4.69) is 4.72 Å². The van der Waals surface area contributed by atoms with E-state index in [1.165, 1.54) is 6.07 Å². The fraction of sp³-hybridized carbons (Fsp3) is 0.500. The Labute approximate surface area is 113 Å². The number of ether oxygens (including phenoxy) is 1. The summed E-state index contributed by atoms with van der Waals surface area (Å²) in [5, 5.41) is 8.51. The SMILES string of the molecule is Cc1ccc(N)cc1S(=O)(=O)NCCCOCCO. The molecule has 19 heavy (non-hydrogen) atoms. The molecule has 108 valence electrons. The maximum Gasteiger partial charge on any atom is 0.240 e. The van der Waals surface area contributed by atoms with E-state index in [0.717, 1.165) is 0 Å². The van der Waals surface area contributed by atoms with Crippen LogP contribution >= 0.6 is 0 Å². The summed E-state index contributed by atoms with van der Waals surface area (Å²) in [5.41, 5.74) is 6.66. The first-order valence-electron chi connectivity index (χ1n) is 6.02. The topological polar surface area (TPSA) is 102 Å². The number of aryl methyl sites for hydroxylation is 1. The Hall–Kier alpha value is -1.15. The van der Waals surface area contributed by atoms with Crippen molar-refractivity contribution in [2.75, 3.05) is 32.1 Å². The number of nitrogens with one attached hydrogen (secondary N) is 1. The van der Waals surface area contributed by atoms with E-state index < -0.39 is 10.0 Å². The minimum atomic E-state index is -3.54. The van der Waals surface area contributed by atoms with Crippen LogP contribution in [0.5, 0.6) is 0 Å². The molecule has 4 N–H and O–H groups in total. The molecule has 0 aliphatic carbocycles. The average Bonchev–Trinajstić information content (AvgIpc) is 2.36. The molecular formula is C12H20N2O4S. The van der Waals surface area contributed by atoms with E-state index in [1.54, 1.807) is 19.1 Å². The number of aliphatic hydroxyl groups excluding tert-OH is 1. The summed E-state index contributed by atoms with van der Waals surface area (Å²) in [6.45, 7) is 2.63. The molecule has 0 aliphatic heterocycles. The van der Waals surface area contributed by atoms with E-state index in [0.29, 0.717) is 24.3 Å². The van der Waals surface area contributed by atoms with E-state index in [4.69, 9.17) is 15.6 Å². The first-order valence-corrected chi connectivity index (χ1v) is 7.50. The summed E-state index contributed by atoms with van der Waals surface area (Å²) in [7, 11) is -3.54. The van der Waals surface area contributed by atoms with Crippen molar-refractivity contribution in [2.24, 2.45) is 0 Å². The Balaban J connectivity index is 2.54. The third kappa shape index (κ3) is 5.15. The molecule has 6 nitrogen and oxygen atoms in total. The molecule has 0 amide bonds. The summed E-state index contributed by atoms with van der Waals surface area (Å²) in [5.74, 6) is 0. The number of anilines is 1. The molecule has 0 saturated heterocycles. The van der Waals surface area contributed by atoms with Crippen LogP contribution in [-0.4, -0.2) is 39.9 Å². The monoisotopic (exact) mass is 288 g/mol. The molecule has 0 spiro atoms. The zero-order valence-electron chi connectivity index (χ0n) is 10.9. The molecule has 0 radical (unpaired) electrons. The molecule has 0 bridgehead atoms. The van der Waals surface area contributed by atoms with Gasteiger partial charge in [-0.2, -0.15) is 0 Å². The first kappa shape index (κ1) is 15.9. The number of sulfonamides is 1. The minimum absolute atomic E-state index is 0.0335. The van der Waals surface area contributed by atoms with Crippen molar-refractivity contribution in [3.8, 4) is 0 Å². The van der Waals surface area contributed by atoms with Crippen LogP contribution < -0.4 is 10.5 Å². The van der Waals surface area contributed by atoms with Gasteiger partial charge in [-0.15, -0.1) is 0 Å². The van der Waals surface area contributed by atoms with Crippen molar-refractivity contribution in [3.05, 3.63) is 23.8 Å². The third-order valence-corrected chi connectivity index (χ3v) is 4.10. The van der Waals surface area contributed by atoms with Gasteiger partial charge in [-0.25, -0.2) is 13.1 Å². The van der Waals surface area contributed by atoms with Gasteiger partial charge in [-0.3, -0.25) is 0 Å². The molecule has 1 aromatic rings. The van der Waals surface area contributed by atoms with Crippen molar-refractivity contribution in [1.82, 2.24) is 4.72 Å². The van der Waals surface area contributed by atoms with Gasteiger partial charge in [0.1, 0.15) is 0 Å². The number of hydrogen-bond acceptors (Lipinski definition) is 5. The van der Waals surface area contributed by atoms with Crippen molar-refractivity contribution in [3.63, 3.8) is 0 Å². The highest BCUT2D eigenvalue weighted by Gasteiger charge is 2.16. The van der Waals surface area contributed by atoms with Gasteiger partial charge in [0.25, 0.3) is 0 Å². The van der Waals surface area contributed by atoms with Gasteiger partial charge < -0.3 is 15.6 Å². The molecule has 0 unspecified atom stereocenters. The fourth-order valence-corrected chi connectivity index (χ4v) is 2.88. The van der Waals surface area contributed by atoms with Crippen LogP contribution in [0, 0.1) is 6.92 Å². The Kier molecular flexibility index (Phi) is 6.23. The highest BCUT2D eigenvalue weighted by Crippen LogP contribution is 2.17. The normalized spacial score (nSPS) is 11.7. The minimum Gasteiger partial charge on any atom is -0.399 e. The Morgan fingerprint density at radius 1 is 1.37 bits per heavy atom. The molecule has 0 aromatic heterocycles. The second-order valence-electron chi connectivity index (χ2n) is 4.11. The maximum atomic E-state index is 12.0. The number of benzene rings is 1. The van der Waals surface area contributed by atoms with Gasteiger partial charge in [0.2, 0.25) is 10.0 Å². The number of aliphatic hydroxyl groups is 1. The van der Waals surface area contributed by atoms with Crippen molar-refractivity contribution >= 4 is 15.7 Å². The summed E-state index contributed by atoms with van der Waals surface area (Å²) >= 11 is 0. The van der Waals surface area contributed by atoms with Gasteiger partial charge in [0.15, 0.2) is 0 Å². The lowest BCUT2D eigenvalue weighted by Gasteiger charge is -2.10. The maximum absolute atomic E-state index is 12.0. The lowest BCUT2D eigenvalue weighted by atomic mass is 10.2. The molecule has 7 heteroatoms. The van der Waals surface area contributed by atoms with E-state index in [1.807, 2.05) is 0 Å². The molecule has 0 aliphatic rings. The summed E-state index contributed by atoms with van der Waals surface area (Å²) in [6.07, 6.45) is 0.542. The van der Waals surface area contributed by atoms with Gasteiger partial charge in [-0.1, -0.05) is 6.07 Å². The van der Waals surface area contributed by atoms with Gasteiger partial charge in [0, 0.05) is 18.8 Å². The quantitative estimate of drug-likeness (QED) is 0.470. The molecular weight excluding hydrogens is 268 g/mol. The first-order chi connectivity index (χ1) is 8.97. The lowest BCUT2D eigenvalue weighted by molar-refractivity contribution is 0.0913. The Bertz CT molecular complexity index is 502. The van der Waals surface area contributed by atoms with Crippen molar-refractivity contribution in [1.29, 1.82) is 0 Å². The second-order valence-corrected chi connectivity index (χ2v) is 5.85. The molecule has 0 atom stereocenters. The van der Waals surface area contributed by atoms with Crippen LogP contribution in [0.25, 0.3) is 0 Å². The predicted octanol–water partition coefficient (Wildman–Crippen LogP) is 0.255. The van der Waals surface area contributed by atoms with Crippen molar-refractivity contribution < 1.29 is 18.3 Å². The molecule has 0 saturated carbocycles. The number of nitrogen functional groups attached to an aromatic ring is 1. The highest BCUT2D eigenvalue weighted by atomic mass is 32.2. The number of rotatable bonds is 8. The molecule has 0 heterocycles. The standard InChI is InChI=1S/C12H20N2O4S/c1-10-3-4-11(13)9-12(10)19(16,17)14-5-2-7-18-8-6-15/h3-4,9,14-15H,2,5-8,13H2,1H3. The average molecular weight is 288 g/mol. The summed E-state index contributed by atoms with van der Waals surface area (Å²) in [6, 6.07) is 4.78. The molecule has 0 fully saturated rings. The highest BCUT2D eigenvalue weighted by molar-refractivity contribution is 7.89. The number of nitrogens with two attached hydrogens (primary N) is 1. The zero-order chi connectivity index (χ0) is 14.3. The fourth-order valence-electron chi connectivity index (χ4n) is 1.53. The number of hydrogen-bond donors (Lipinski definition) is 3. The van der Waals surface area contributed by atoms with E-state index in [9.17, 15) is 8.42 Å². The second kappa shape index (κ2) is 7.44. The van der Waals surface area contributed by atoms with Gasteiger partial charge in [0.05, 0.1) is 18.1 Å². The van der Waals surface area contributed by atoms with Crippen LogP contribution in [0.4, 0.5) is 5.69 Å². The van der Waals surface area contributed by atoms with Crippen molar-refractivity contribution in [2.45, 2.75) is 18.2 Å². The summed E-state index contributed by atoms with van der Waals surface area (Å²) < 4.78 is 31.6. The Morgan fingerprint density at radius 2 is 2.11 bits per heavy atom. The van der Waals surface area contributed by atoms with Crippen LogP contribution in [0.2, 0.25) is 0 Å². The lowest BCUT2D eigenvalue weighted by Crippen LogP contribution is -2.26. The molecule has 1 rings (SSSR count). The van der Waals surface area contributed by atoms with Crippen LogP contribution in [0.15, 0.2) is 23.1 Å². The van der Waals surface area contributed by atoms with Crippen LogP contribution in [0.3, 0.4) is 0 Å². The smallest absolute Gasteiger partial charge is 0.240 e. The predicted molar refractivity (Wildman–Crippen MR) is 73.3 cm³/mol. The van der Waals surface area contributed by atoms with E-state index >= 15 is 0 Å². The zero-order valence-corrected chi connectivity index (χ0v) is 11.7. The third-order valence-electron chi connectivity index (χ3n) is 2.49. The van der Waals surface area contributed by atoms with Gasteiger partial charge >= 0.3 is 0 Å². The molecule has 1 aromatic carbocycles. The van der Waals surface area contributed by atoms with E-state index in [-0.39, 0.29) is 24.7 Å². The van der Waals surface area contributed by atoms with Crippen LogP contribution in [-0.2, 0) is 14.8 Å².